The average molecular weight is 265 g/mol. The largest absolute Gasteiger partial charge is 0.330 e. The van der Waals surface area contributed by atoms with Crippen LogP contribution >= 0.6 is 11.8 Å². The average Bonchev–Trinajstić information content (AvgIpc) is 2.87. The molecule has 1 fully saturated rings. The second-order valence-electron chi connectivity index (χ2n) is 5.28. The van der Waals surface area contributed by atoms with E-state index in [1.54, 1.807) is 0 Å². The van der Waals surface area contributed by atoms with Crippen LogP contribution in [0.2, 0.25) is 0 Å². The van der Waals surface area contributed by atoms with Gasteiger partial charge in [-0.15, -0.1) is 0 Å². The van der Waals surface area contributed by atoms with Crippen molar-refractivity contribution in [3.05, 3.63) is 22.8 Å². The minimum Gasteiger partial charge on any atom is -0.330 e. The molecular weight excluding hydrogens is 242 g/mol. The predicted octanol–water partition coefficient (Wildman–Crippen LogP) is 2.80. The quantitative estimate of drug-likeness (QED) is 0.909. The van der Waals surface area contributed by atoms with E-state index in [2.05, 4.69) is 20.8 Å². The SMILES string of the molecule is Cc1nc(C2CCCS2)nc(C)c1CC(C)CN. The van der Waals surface area contributed by atoms with E-state index < -0.39 is 0 Å². The van der Waals surface area contributed by atoms with E-state index in [-0.39, 0.29) is 0 Å². The second-order valence-corrected chi connectivity index (χ2v) is 6.59. The van der Waals surface area contributed by atoms with Crippen LogP contribution in [-0.2, 0) is 6.42 Å². The highest BCUT2D eigenvalue weighted by atomic mass is 32.2. The lowest BCUT2D eigenvalue weighted by Crippen LogP contribution is -2.16. The summed E-state index contributed by atoms with van der Waals surface area (Å²) in [7, 11) is 0. The number of hydrogen-bond donors (Lipinski definition) is 1. The van der Waals surface area contributed by atoms with Gasteiger partial charge < -0.3 is 5.73 Å². The third kappa shape index (κ3) is 3.04. The van der Waals surface area contributed by atoms with Crippen LogP contribution in [0.25, 0.3) is 0 Å². The molecule has 100 valence electrons. The lowest BCUT2D eigenvalue weighted by atomic mass is 9.99. The van der Waals surface area contributed by atoms with Crippen molar-refractivity contribution in [3.8, 4) is 0 Å². The molecule has 4 heteroatoms. The Bertz CT molecular complexity index is 390. The van der Waals surface area contributed by atoms with E-state index in [0.717, 1.165) is 30.2 Å². The van der Waals surface area contributed by atoms with E-state index in [9.17, 15) is 0 Å². The molecule has 0 spiro atoms. The molecule has 0 saturated carbocycles. The molecule has 0 amide bonds. The van der Waals surface area contributed by atoms with Gasteiger partial charge in [0.15, 0.2) is 0 Å². The minimum absolute atomic E-state index is 0.498. The summed E-state index contributed by atoms with van der Waals surface area (Å²) >= 11 is 1.99. The van der Waals surface area contributed by atoms with Crippen LogP contribution in [0.3, 0.4) is 0 Å². The third-order valence-corrected chi connectivity index (χ3v) is 4.98. The molecule has 2 N–H and O–H groups in total. The maximum absolute atomic E-state index is 5.71. The van der Waals surface area contributed by atoms with Crippen LogP contribution in [0.5, 0.6) is 0 Å². The van der Waals surface area contributed by atoms with Crippen LogP contribution in [0.1, 0.15) is 47.8 Å². The van der Waals surface area contributed by atoms with Gasteiger partial charge in [0.1, 0.15) is 5.82 Å². The smallest absolute Gasteiger partial charge is 0.141 e. The number of aryl methyl sites for hydroxylation is 2. The first-order chi connectivity index (χ1) is 8.61. The van der Waals surface area contributed by atoms with Crippen LogP contribution in [0, 0.1) is 19.8 Å². The van der Waals surface area contributed by atoms with Gasteiger partial charge in [-0.25, -0.2) is 9.97 Å². The summed E-state index contributed by atoms with van der Waals surface area (Å²) in [6.45, 7) is 7.12. The second kappa shape index (κ2) is 6.02. The Morgan fingerprint density at radius 1 is 1.33 bits per heavy atom. The predicted molar refractivity (Wildman–Crippen MR) is 77.9 cm³/mol. The molecule has 1 aliphatic heterocycles. The Balaban J connectivity index is 2.22. The molecule has 0 aliphatic carbocycles. The molecule has 2 heterocycles. The van der Waals surface area contributed by atoms with Crippen LogP contribution in [-0.4, -0.2) is 22.3 Å². The summed E-state index contributed by atoms with van der Waals surface area (Å²) in [6, 6.07) is 0. The molecule has 0 radical (unpaired) electrons. The summed E-state index contributed by atoms with van der Waals surface area (Å²) in [5.74, 6) is 2.78. The Kier molecular flexibility index (Phi) is 4.62. The number of aromatic nitrogens is 2. The van der Waals surface area contributed by atoms with Gasteiger partial charge >= 0.3 is 0 Å². The maximum Gasteiger partial charge on any atom is 0.141 e. The van der Waals surface area contributed by atoms with Crippen molar-refractivity contribution in [1.29, 1.82) is 0 Å². The van der Waals surface area contributed by atoms with E-state index >= 15 is 0 Å². The van der Waals surface area contributed by atoms with Crippen LogP contribution in [0.4, 0.5) is 0 Å². The van der Waals surface area contributed by atoms with Gasteiger partial charge in [-0.1, -0.05) is 6.92 Å². The van der Waals surface area contributed by atoms with Crippen molar-refractivity contribution in [2.24, 2.45) is 11.7 Å². The topological polar surface area (TPSA) is 51.8 Å². The first kappa shape index (κ1) is 13.8. The van der Waals surface area contributed by atoms with Crippen LogP contribution < -0.4 is 5.73 Å². The molecule has 1 aromatic heterocycles. The molecule has 2 rings (SSSR count). The summed E-state index contributed by atoms with van der Waals surface area (Å²) < 4.78 is 0. The normalized spacial score (nSPS) is 21.2. The zero-order valence-corrected chi connectivity index (χ0v) is 12.4. The Morgan fingerprint density at radius 3 is 2.50 bits per heavy atom. The standard InChI is InChI=1S/C14H23N3S/c1-9(8-15)7-12-10(2)16-14(17-11(12)3)13-5-4-6-18-13/h9,13H,4-8,15H2,1-3H3. The van der Waals surface area contributed by atoms with E-state index in [1.807, 2.05) is 11.8 Å². The van der Waals surface area contributed by atoms with Crippen molar-refractivity contribution in [2.45, 2.75) is 45.3 Å². The van der Waals surface area contributed by atoms with Crippen molar-refractivity contribution in [2.75, 3.05) is 12.3 Å². The number of nitrogens with two attached hydrogens (primary N) is 1. The Hall–Kier alpha value is -0.610. The zero-order chi connectivity index (χ0) is 13.1. The number of hydrogen-bond acceptors (Lipinski definition) is 4. The molecule has 18 heavy (non-hydrogen) atoms. The fraction of sp³-hybridized carbons (Fsp3) is 0.714. The summed E-state index contributed by atoms with van der Waals surface area (Å²) in [5, 5.41) is 0.517. The van der Waals surface area contributed by atoms with Crippen molar-refractivity contribution < 1.29 is 0 Å². The first-order valence-corrected chi connectivity index (χ1v) is 7.82. The Labute approximate surface area is 114 Å². The molecule has 1 aliphatic rings. The van der Waals surface area contributed by atoms with E-state index in [1.165, 1.54) is 24.2 Å². The van der Waals surface area contributed by atoms with Gasteiger partial charge in [-0.2, -0.15) is 11.8 Å². The molecule has 0 bridgehead atoms. The van der Waals surface area contributed by atoms with Crippen LogP contribution in [0.15, 0.2) is 0 Å². The van der Waals surface area contributed by atoms with Gasteiger partial charge in [0, 0.05) is 11.4 Å². The lowest BCUT2D eigenvalue weighted by molar-refractivity contribution is 0.583. The highest BCUT2D eigenvalue weighted by Gasteiger charge is 2.22. The minimum atomic E-state index is 0.498. The third-order valence-electron chi connectivity index (χ3n) is 3.61. The van der Waals surface area contributed by atoms with E-state index in [0.29, 0.717) is 11.2 Å². The molecule has 2 atom stereocenters. The highest BCUT2D eigenvalue weighted by Crippen LogP contribution is 2.38. The molecule has 2 unspecified atom stereocenters. The molecule has 0 aromatic carbocycles. The van der Waals surface area contributed by atoms with Crippen molar-refractivity contribution in [1.82, 2.24) is 9.97 Å². The summed E-state index contributed by atoms with van der Waals surface area (Å²) in [4.78, 5) is 9.46. The lowest BCUT2D eigenvalue weighted by Gasteiger charge is -2.16. The maximum atomic E-state index is 5.71. The number of rotatable bonds is 4. The van der Waals surface area contributed by atoms with Gasteiger partial charge in [0.05, 0.1) is 5.25 Å². The molecule has 1 saturated heterocycles. The fourth-order valence-electron chi connectivity index (χ4n) is 2.42. The van der Waals surface area contributed by atoms with E-state index in [4.69, 9.17) is 15.7 Å². The van der Waals surface area contributed by atoms with Crippen molar-refractivity contribution >= 4 is 11.8 Å². The van der Waals surface area contributed by atoms with Gasteiger partial charge in [-0.05, 0) is 56.9 Å². The number of nitrogens with zero attached hydrogens (tertiary/aromatic N) is 2. The zero-order valence-electron chi connectivity index (χ0n) is 11.6. The molecular formula is C14H23N3S. The monoisotopic (exact) mass is 265 g/mol. The highest BCUT2D eigenvalue weighted by molar-refractivity contribution is 7.99. The van der Waals surface area contributed by atoms with Gasteiger partial charge in [0.25, 0.3) is 0 Å². The fourth-order valence-corrected chi connectivity index (χ4v) is 3.62. The molecule has 1 aromatic rings. The summed E-state index contributed by atoms with van der Waals surface area (Å²) in [5.41, 5.74) is 9.28. The first-order valence-electron chi connectivity index (χ1n) is 6.77. The van der Waals surface area contributed by atoms with Gasteiger partial charge in [0.2, 0.25) is 0 Å². The number of thioether (sulfide) groups is 1. The summed E-state index contributed by atoms with van der Waals surface area (Å²) in [6.07, 6.45) is 3.51. The van der Waals surface area contributed by atoms with Crippen molar-refractivity contribution in [3.63, 3.8) is 0 Å². The molecule has 3 nitrogen and oxygen atoms in total. The Morgan fingerprint density at radius 2 is 2.00 bits per heavy atom. The van der Waals surface area contributed by atoms with Gasteiger partial charge in [-0.3, -0.25) is 0 Å².